The van der Waals surface area contributed by atoms with Crippen LogP contribution in [0.2, 0.25) is 0 Å². The second-order valence-corrected chi connectivity index (χ2v) is 25.0. The second-order valence-electron chi connectivity index (χ2n) is 25.0. The van der Waals surface area contributed by atoms with Crippen molar-refractivity contribution in [2.24, 2.45) is 0 Å². The van der Waals surface area contributed by atoms with E-state index in [0.29, 0.717) is 34.9 Å². The minimum absolute atomic E-state index is 0.101. The predicted molar refractivity (Wildman–Crippen MR) is 376 cm³/mol. The molecule has 18 rings (SSSR count). The summed E-state index contributed by atoms with van der Waals surface area (Å²) in [7, 11) is 0. The van der Waals surface area contributed by atoms with Gasteiger partial charge in [-0.05, 0) is 111 Å². The van der Waals surface area contributed by atoms with Crippen molar-refractivity contribution in [3.05, 3.63) is 313 Å². The smallest absolute Gasteiger partial charge is 0.164 e. The number of para-hydroxylation sites is 2. The molecule has 436 valence electrons. The van der Waals surface area contributed by atoms with Crippen molar-refractivity contribution in [1.82, 2.24) is 39.0 Å². The molecule has 0 bridgehead atoms. The summed E-state index contributed by atoms with van der Waals surface area (Å²) < 4.78 is 4.84. The van der Waals surface area contributed by atoms with E-state index in [1.165, 1.54) is 88.1 Å². The quantitative estimate of drug-likeness (QED) is 0.151. The van der Waals surface area contributed by atoms with Crippen molar-refractivity contribution in [2.45, 2.75) is 38.5 Å². The third-order valence-corrected chi connectivity index (χ3v) is 18.9. The van der Waals surface area contributed by atoms with Gasteiger partial charge in [-0.1, -0.05) is 252 Å². The molecule has 0 aliphatic heterocycles. The lowest BCUT2D eigenvalue weighted by Gasteiger charge is -2.23. The number of aromatic nitrogens is 8. The van der Waals surface area contributed by atoms with Gasteiger partial charge < -0.3 is 9.13 Å². The highest BCUT2D eigenvalue weighted by Gasteiger charge is 2.40. The molecule has 4 heterocycles. The summed E-state index contributed by atoms with van der Waals surface area (Å²) in [5, 5.41) is 5.14. The van der Waals surface area contributed by atoms with Crippen molar-refractivity contribution in [1.29, 1.82) is 0 Å². The molecule has 8 nitrogen and oxygen atoms in total. The average Bonchev–Trinajstić information content (AvgIpc) is 1.55. The summed E-state index contributed by atoms with van der Waals surface area (Å²) in [6.45, 7) is 9.44. The van der Waals surface area contributed by atoms with Gasteiger partial charge in [-0.2, -0.15) is 0 Å². The number of rotatable bonds is 8. The van der Waals surface area contributed by atoms with Gasteiger partial charge in [0.05, 0.1) is 22.1 Å². The van der Waals surface area contributed by atoms with Crippen molar-refractivity contribution in [2.75, 3.05) is 0 Å². The fourth-order valence-electron chi connectivity index (χ4n) is 14.6. The maximum atomic E-state index is 4.95. The van der Waals surface area contributed by atoms with Crippen LogP contribution in [0, 0.1) is 0 Å². The van der Waals surface area contributed by atoms with Gasteiger partial charge in [0.2, 0.25) is 0 Å². The van der Waals surface area contributed by atoms with Crippen molar-refractivity contribution < 1.29 is 0 Å². The average molecular weight is 1180 g/mol. The van der Waals surface area contributed by atoms with Crippen LogP contribution < -0.4 is 0 Å². The molecular formula is C84H60N8. The van der Waals surface area contributed by atoms with E-state index in [4.69, 9.17) is 29.9 Å². The minimum atomic E-state index is -0.135. The van der Waals surface area contributed by atoms with Crippen molar-refractivity contribution >= 4 is 43.6 Å². The number of hydrogen-bond acceptors (Lipinski definition) is 6. The van der Waals surface area contributed by atoms with E-state index in [1.807, 2.05) is 121 Å². The van der Waals surface area contributed by atoms with Crippen molar-refractivity contribution in [3.8, 4) is 102 Å². The maximum absolute atomic E-state index is 4.95. The summed E-state index contributed by atoms with van der Waals surface area (Å²) in [5.74, 6) is 3.95. The fraction of sp³-hybridized carbons (Fsp3) is 0.0714. The first-order valence-electron chi connectivity index (χ1n) is 31.4. The molecule has 0 radical (unpaired) electrons. The van der Waals surface area contributed by atoms with E-state index in [0.717, 1.165) is 44.8 Å². The van der Waals surface area contributed by atoms with Crippen LogP contribution in [0.3, 0.4) is 0 Å². The zero-order valence-corrected chi connectivity index (χ0v) is 51.3. The number of fused-ring (bicyclic) bond motifs is 14. The van der Waals surface area contributed by atoms with Crippen LogP contribution in [-0.2, 0) is 10.8 Å². The summed E-state index contributed by atoms with van der Waals surface area (Å²) in [6, 6.07) is 102. The third kappa shape index (κ3) is 8.81. The first-order chi connectivity index (χ1) is 45.2. The number of nitrogens with zero attached hydrogens (tertiary/aromatic N) is 8. The monoisotopic (exact) mass is 1180 g/mol. The molecule has 0 atom stereocenters. The van der Waals surface area contributed by atoms with Gasteiger partial charge in [0.25, 0.3) is 0 Å². The van der Waals surface area contributed by atoms with Crippen LogP contribution in [0.25, 0.3) is 146 Å². The zero-order valence-electron chi connectivity index (χ0n) is 51.3. The van der Waals surface area contributed by atoms with Gasteiger partial charge in [0.1, 0.15) is 0 Å². The Kier molecular flexibility index (Phi) is 12.7. The largest absolute Gasteiger partial charge is 0.309 e. The molecule has 4 aromatic heterocycles. The Hall–Kier alpha value is -11.7. The number of benzene rings is 12. The molecule has 12 aromatic carbocycles. The first-order valence-corrected chi connectivity index (χ1v) is 31.4. The highest BCUT2D eigenvalue weighted by atomic mass is 15.0. The van der Waals surface area contributed by atoms with Gasteiger partial charge in [-0.3, -0.25) is 0 Å². The van der Waals surface area contributed by atoms with Crippen LogP contribution in [0.5, 0.6) is 0 Å². The van der Waals surface area contributed by atoms with Gasteiger partial charge in [0.15, 0.2) is 34.9 Å². The summed E-state index contributed by atoms with van der Waals surface area (Å²) >= 11 is 0. The second kappa shape index (κ2) is 21.5. The lowest BCUT2D eigenvalue weighted by molar-refractivity contribution is 0.664. The van der Waals surface area contributed by atoms with E-state index >= 15 is 0 Å². The van der Waals surface area contributed by atoms with E-state index in [9.17, 15) is 0 Å². The summed E-state index contributed by atoms with van der Waals surface area (Å²) in [5.41, 5.74) is 23.5. The Balaban J connectivity index is 0.000000141. The van der Waals surface area contributed by atoms with E-state index in [2.05, 4.69) is 207 Å². The Bertz CT molecular complexity index is 5420. The molecule has 0 amide bonds. The molecule has 0 spiro atoms. The summed E-state index contributed by atoms with van der Waals surface area (Å²) in [6.07, 6.45) is 0. The van der Waals surface area contributed by atoms with Crippen molar-refractivity contribution in [3.63, 3.8) is 0 Å². The van der Waals surface area contributed by atoms with Gasteiger partial charge >= 0.3 is 0 Å². The van der Waals surface area contributed by atoms with E-state index in [-0.39, 0.29) is 10.8 Å². The van der Waals surface area contributed by atoms with E-state index in [1.54, 1.807) is 0 Å². The topological polar surface area (TPSA) is 87.2 Å². The predicted octanol–water partition coefficient (Wildman–Crippen LogP) is 20.6. The molecule has 2 aliphatic rings. The van der Waals surface area contributed by atoms with Crippen LogP contribution >= 0.6 is 0 Å². The van der Waals surface area contributed by atoms with Gasteiger partial charge in [-0.15, -0.1) is 0 Å². The standard InChI is InChI=1S/2C42H30N4/c1-42(2)34-19-11-9-17-31(34)32-25-26-36-37(38(32)42)33-18-10-12-20-35(33)46(36)30-23-21-29(22-24-30)41-44-39(27-13-5-3-6-14-27)43-40(45-41)28-15-7-4-8-16-28;1-42(2)35-19-11-9-17-31(35)33-25-26-34-32-18-10-12-20-36(32)46(38(34)37(33)42)30-23-21-29(22-24-30)41-44-39(27-13-5-3-6-14-27)43-40(45-41)28-15-7-4-8-16-28/h2*3-26H,1-2H3. The van der Waals surface area contributed by atoms with Crippen LogP contribution in [0.4, 0.5) is 0 Å². The normalized spacial score (nSPS) is 13.2. The highest BCUT2D eigenvalue weighted by molar-refractivity contribution is 6.15. The maximum Gasteiger partial charge on any atom is 0.164 e. The summed E-state index contributed by atoms with van der Waals surface area (Å²) in [4.78, 5) is 29.5. The van der Waals surface area contributed by atoms with Crippen LogP contribution in [0.15, 0.2) is 291 Å². The Morgan fingerprint density at radius 1 is 0.239 bits per heavy atom. The highest BCUT2D eigenvalue weighted by Crippen LogP contribution is 2.55. The fourth-order valence-corrected chi connectivity index (χ4v) is 14.6. The molecular weight excluding hydrogens is 1120 g/mol. The molecule has 0 unspecified atom stereocenters. The molecule has 92 heavy (non-hydrogen) atoms. The van der Waals surface area contributed by atoms with Gasteiger partial charge in [0, 0.05) is 77.1 Å². The SMILES string of the molecule is CC1(C)c2ccccc2-c2ccc3c(c21)c1ccccc1n3-c1ccc(-c2nc(-c3ccccc3)nc(-c3ccccc3)n2)cc1.CC1(C)c2ccccc2-c2ccc3c4ccccc4n(-c4ccc(-c5nc(-c6ccccc6)nc(-c6ccccc6)n5)cc4)c3c21. The molecule has 8 heteroatoms. The molecule has 0 fully saturated rings. The molecule has 0 N–H and O–H groups in total. The molecule has 0 saturated heterocycles. The Morgan fingerprint density at radius 3 is 1.03 bits per heavy atom. The Labute approximate surface area is 533 Å². The Morgan fingerprint density at radius 2 is 0.576 bits per heavy atom. The third-order valence-electron chi connectivity index (χ3n) is 18.9. The molecule has 0 saturated carbocycles. The van der Waals surface area contributed by atoms with E-state index < -0.39 is 0 Å². The van der Waals surface area contributed by atoms with Gasteiger partial charge in [-0.25, -0.2) is 29.9 Å². The first kappa shape index (κ1) is 54.4. The molecule has 16 aromatic rings. The minimum Gasteiger partial charge on any atom is -0.309 e. The van der Waals surface area contributed by atoms with Crippen LogP contribution in [-0.4, -0.2) is 39.0 Å². The van der Waals surface area contributed by atoms with Crippen LogP contribution in [0.1, 0.15) is 49.9 Å². The molecule has 2 aliphatic carbocycles. The lowest BCUT2D eigenvalue weighted by atomic mass is 9.80. The lowest BCUT2D eigenvalue weighted by Crippen LogP contribution is -2.16. The number of hydrogen-bond donors (Lipinski definition) is 0. The zero-order chi connectivity index (χ0) is 61.7.